The number of aryl methyl sites for hydroxylation is 1. The Balaban J connectivity index is 1.63. The Kier molecular flexibility index (Phi) is 5.79. The number of piperazine rings is 1. The second kappa shape index (κ2) is 8.90. The molecule has 4 aromatic rings. The van der Waals surface area contributed by atoms with E-state index in [0.29, 0.717) is 35.5 Å². The fourth-order valence-electron chi connectivity index (χ4n) is 4.61. The second-order valence-electron chi connectivity index (χ2n) is 8.66. The lowest BCUT2D eigenvalue weighted by molar-refractivity contribution is -0.136. The molecule has 0 unspecified atom stereocenters. The number of fused-ring (bicyclic) bond motifs is 1. The molecule has 0 saturated carbocycles. The summed E-state index contributed by atoms with van der Waals surface area (Å²) >= 11 is 0. The Hall–Kier alpha value is -3.72. The number of likely N-dealkylation sites (N-methyl/N-ethyl adjacent to an activating group) is 1. The van der Waals surface area contributed by atoms with Crippen LogP contribution in [0.2, 0.25) is 0 Å². The van der Waals surface area contributed by atoms with E-state index < -0.39 is 6.04 Å². The Morgan fingerprint density at radius 2 is 1.68 bits per heavy atom. The second-order valence-corrected chi connectivity index (χ2v) is 8.66. The minimum Gasteiger partial charge on any atom is -0.338 e. The molecule has 1 fully saturated rings. The molecule has 1 aliphatic heterocycles. The van der Waals surface area contributed by atoms with Crippen LogP contribution >= 0.6 is 0 Å². The normalized spacial score (nSPS) is 15.7. The van der Waals surface area contributed by atoms with E-state index in [9.17, 15) is 9.59 Å². The van der Waals surface area contributed by atoms with Gasteiger partial charge in [0.1, 0.15) is 16.9 Å². The van der Waals surface area contributed by atoms with E-state index >= 15 is 0 Å². The van der Waals surface area contributed by atoms with Crippen LogP contribution in [0.3, 0.4) is 0 Å². The molecule has 9 heteroatoms. The molecule has 1 aliphatic rings. The monoisotopic (exact) mass is 459 g/mol. The van der Waals surface area contributed by atoms with Crippen molar-refractivity contribution in [1.82, 2.24) is 33.9 Å². The number of rotatable bonds is 5. The third-order valence-corrected chi connectivity index (χ3v) is 6.59. The van der Waals surface area contributed by atoms with Gasteiger partial charge in [0.2, 0.25) is 5.91 Å². The van der Waals surface area contributed by atoms with E-state index in [1.54, 1.807) is 11.6 Å². The lowest BCUT2D eigenvalue weighted by atomic mass is 10.2. The van der Waals surface area contributed by atoms with Crippen LogP contribution in [0.1, 0.15) is 25.6 Å². The molecule has 1 aromatic carbocycles. The van der Waals surface area contributed by atoms with Crippen LogP contribution < -0.4 is 5.56 Å². The van der Waals surface area contributed by atoms with E-state index in [4.69, 9.17) is 5.10 Å². The maximum Gasteiger partial charge on any atom is 0.280 e. The molecule has 1 amide bonds. The van der Waals surface area contributed by atoms with Gasteiger partial charge >= 0.3 is 0 Å². The number of hydrogen-bond donors (Lipinski definition) is 0. The predicted octanol–water partition coefficient (Wildman–Crippen LogP) is 2.41. The van der Waals surface area contributed by atoms with Crippen molar-refractivity contribution in [2.45, 2.75) is 26.8 Å². The highest BCUT2D eigenvalue weighted by molar-refractivity contribution is 5.88. The van der Waals surface area contributed by atoms with Crippen molar-refractivity contribution in [2.75, 3.05) is 32.7 Å². The quantitative estimate of drug-likeness (QED) is 0.458. The van der Waals surface area contributed by atoms with E-state index in [2.05, 4.69) is 16.9 Å². The molecule has 3 aromatic heterocycles. The highest BCUT2D eigenvalue weighted by atomic mass is 16.2. The third-order valence-electron chi connectivity index (χ3n) is 6.59. The average Bonchev–Trinajstić information content (AvgIpc) is 3.54. The molecule has 0 radical (unpaired) electrons. The summed E-state index contributed by atoms with van der Waals surface area (Å²) in [6.45, 7) is 9.69. The number of carbonyl (C=O) groups is 1. The number of amides is 1. The zero-order valence-electron chi connectivity index (χ0n) is 19.8. The number of carbonyl (C=O) groups excluding carboxylic acids is 1. The summed E-state index contributed by atoms with van der Waals surface area (Å²) in [7, 11) is 0. The van der Waals surface area contributed by atoms with Gasteiger partial charge < -0.3 is 14.4 Å². The lowest BCUT2D eigenvalue weighted by Gasteiger charge is -2.35. The van der Waals surface area contributed by atoms with Crippen LogP contribution in [0.5, 0.6) is 0 Å². The van der Waals surface area contributed by atoms with Crippen molar-refractivity contribution in [1.29, 1.82) is 0 Å². The molecule has 0 aliphatic carbocycles. The molecule has 176 valence electrons. The number of para-hydroxylation sites is 1. The van der Waals surface area contributed by atoms with Crippen LogP contribution in [0.15, 0.2) is 59.7 Å². The molecule has 1 saturated heterocycles. The zero-order valence-corrected chi connectivity index (χ0v) is 19.8. The van der Waals surface area contributed by atoms with E-state index in [1.807, 2.05) is 71.2 Å². The molecule has 0 bridgehead atoms. The van der Waals surface area contributed by atoms with Gasteiger partial charge in [0.25, 0.3) is 5.56 Å². The average molecular weight is 460 g/mol. The van der Waals surface area contributed by atoms with Crippen LogP contribution in [0.25, 0.3) is 22.4 Å². The highest BCUT2D eigenvalue weighted by Gasteiger charge is 2.29. The van der Waals surface area contributed by atoms with Gasteiger partial charge in [-0.15, -0.1) is 0 Å². The van der Waals surface area contributed by atoms with Gasteiger partial charge in [0, 0.05) is 38.6 Å². The van der Waals surface area contributed by atoms with Crippen molar-refractivity contribution in [3.05, 3.63) is 70.9 Å². The summed E-state index contributed by atoms with van der Waals surface area (Å²) in [6, 6.07) is 12.8. The van der Waals surface area contributed by atoms with Gasteiger partial charge in [-0.1, -0.05) is 25.1 Å². The van der Waals surface area contributed by atoms with Crippen molar-refractivity contribution in [3.8, 4) is 11.5 Å². The zero-order chi connectivity index (χ0) is 23.8. The first-order chi connectivity index (χ1) is 16.5. The summed E-state index contributed by atoms with van der Waals surface area (Å²) < 4.78 is 4.97. The van der Waals surface area contributed by atoms with Gasteiger partial charge in [0.05, 0.1) is 11.4 Å². The number of nitrogens with zero attached hydrogens (tertiary/aromatic N) is 7. The van der Waals surface area contributed by atoms with E-state index in [-0.39, 0.29) is 11.5 Å². The summed E-state index contributed by atoms with van der Waals surface area (Å²) in [5.74, 6) is 0.550. The minimum absolute atomic E-state index is 0.0814. The van der Waals surface area contributed by atoms with Crippen molar-refractivity contribution in [3.63, 3.8) is 0 Å². The minimum atomic E-state index is -0.707. The van der Waals surface area contributed by atoms with Crippen LogP contribution in [0.4, 0.5) is 0 Å². The van der Waals surface area contributed by atoms with Crippen LogP contribution in [0, 0.1) is 6.92 Å². The fraction of sp³-hybridized carbons (Fsp3) is 0.360. The van der Waals surface area contributed by atoms with E-state index in [0.717, 1.165) is 25.3 Å². The fourth-order valence-corrected chi connectivity index (χ4v) is 4.61. The first-order valence-electron chi connectivity index (χ1n) is 11.7. The molecule has 0 N–H and O–H groups in total. The largest absolute Gasteiger partial charge is 0.338 e. The smallest absolute Gasteiger partial charge is 0.280 e. The summed E-state index contributed by atoms with van der Waals surface area (Å²) in [5.41, 5.74) is 1.66. The van der Waals surface area contributed by atoms with Crippen LogP contribution in [-0.2, 0) is 4.79 Å². The van der Waals surface area contributed by atoms with Gasteiger partial charge in [-0.3, -0.25) is 9.59 Å². The molecule has 4 heterocycles. The van der Waals surface area contributed by atoms with Crippen molar-refractivity contribution < 1.29 is 4.79 Å². The van der Waals surface area contributed by atoms with Gasteiger partial charge in [-0.25, -0.2) is 9.36 Å². The highest BCUT2D eigenvalue weighted by Crippen LogP contribution is 2.25. The molecular formula is C25H29N7O2. The number of aromatic nitrogens is 5. The van der Waals surface area contributed by atoms with Gasteiger partial charge in [-0.2, -0.15) is 10.2 Å². The molecule has 1 atom stereocenters. The Bertz CT molecular complexity index is 1360. The van der Waals surface area contributed by atoms with Gasteiger partial charge in [-0.05, 0) is 44.7 Å². The molecule has 34 heavy (non-hydrogen) atoms. The molecular weight excluding hydrogens is 430 g/mol. The summed E-state index contributed by atoms with van der Waals surface area (Å²) in [4.78, 5) is 31.3. The maximum absolute atomic E-state index is 13.8. The summed E-state index contributed by atoms with van der Waals surface area (Å²) in [5, 5.41) is 9.76. The molecule has 0 spiro atoms. The Labute approximate surface area is 197 Å². The number of benzene rings is 1. The number of hydrogen-bond acceptors (Lipinski definition) is 5. The lowest BCUT2D eigenvalue weighted by Crippen LogP contribution is -2.51. The Morgan fingerprint density at radius 3 is 2.32 bits per heavy atom. The standard InChI is InChI=1S/C25H29N7O2/c1-4-28-14-16-30(17-15-28)24(33)19(3)31-25(34)21-22(18(2)26-31)27-32(20-10-6-5-7-11-20)23(21)29-12-8-9-13-29/h5-13,19H,4,14-17H2,1-3H3/t19-/m1/s1. The van der Waals surface area contributed by atoms with E-state index in [1.165, 1.54) is 4.68 Å². The van der Waals surface area contributed by atoms with Crippen molar-refractivity contribution in [2.24, 2.45) is 0 Å². The van der Waals surface area contributed by atoms with Crippen LogP contribution in [-0.4, -0.2) is 72.6 Å². The SMILES string of the molecule is CCN1CCN(C(=O)[C@@H](C)n2nc(C)c3nn(-c4ccccc4)c(-n4cccc4)c3c2=O)CC1. The van der Waals surface area contributed by atoms with Crippen molar-refractivity contribution >= 4 is 16.8 Å². The summed E-state index contributed by atoms with van der Waals surface area (Å²) in [6.07, 6.45) is 3.77. The van der Waals surface area contributed by atoms with Gasteiger partial charge in [0.15, 0.2) is 5.82 Å². The Morgan fingerprint density at radius 1 is 1.00 bits per heavy atom. The topological polar surface area (TPSA) is 81.2 Å². The first kappa shape index (κ1) is 22.1. The third kappa shape index (κ3) is 3.71. The molecule has 5 rings (SSSR count). The maximum atomic E-state index is 13.8. The first-order valence-corrected chi connectivity index (χ1v) is 11.7. The molecule has 9 nitrogen and oxygen atoms in total. The predicted molar refractivity (Wildman–Crippen MR) is 131 cm³/mol.